The van der Waals surface area contributed by atoms with E-state index < -0.39 is 5.60 Å². The molecule has 2 heterocycles. The van der Waals surface area contributed by atoms with Crippen LogP contribution in [0.25, 0.3) is 0 Å². The van der Waals surface area contributed by atoms with Crippen molar-refractivity contribution in [3.8, 4) is 0 Å². The SMILES string of the molecule is CCC1C[C@H](Cc2ccc(Cl)cc2)N(C2CCN(C(=O)OC(C)(C)C)CC2)C1. The summed E-state index contributed by atoms with van der Waals surface area (Å²) in [6.07, 6.45) is 5.49. The number of rotatable bonds is 4. The van der Waals surface area contributed by atoms with Crippen LogP contribution in [0.1, 0.15) is 58.9 Å². The van der Waals surface area contributed by atoms with Gasteiger partial charge in [0.05, 0.1) is 0 Å². The zero-order valence-corrected chi connectivity index (χ0v) is 18.5. The van der Waals surface area contributed by atoms with Crippen molar-refractivity contribution in [1.29, 1.82) is 0 Å². The second-order valence-electron chi connectivity index (χ2n) is 9.39. The van der Waals surface area contributed by atoms with Crippen molar-refractivity contribution >= 4 is 17.7 Å². The molecular formula is C23H35ClN2O2. The predicted molar refractivity (Wildman–Crippen MR) is 115 cm³/mol. The van der Waals surface area contributed by atoms with E-state index in [-0.39, 0.29) is 6.09 Å². The molecule has 1 unspecified atom stereocenters. The first-order valence-corrected chi connectivity index (χ1v) is 11.1. The second-order valence-corrected chi connectivity index (χ2v) is 9.83. The summed E-state index contributed by atoms with van der Waals surface area (Å²) in [7, 11) is 0. The molecule has 0 spiro atoms. The second kappa shape index (κ2) is 9.04. The first-order chi connectivity index (χ1) is 13.2. The summed E-state index contributed by atoms with van der Waals surface area (Å²) in [6, 6.07) is 9.45. The number of amides is 1. The van der Waals surface area contributed by atoms with E-state index >= 15 is 0 Å². The summed E-state index contributed by atoms with van der Waals surface area (Å²) in [5, 5.41) is 0.799. The van der Waals surface area contributed by atoms with Crippen molar-refractivity contribution < 1.29 is 9.53 Å². The van der Waals surface area contributed by atoms with Crippen LogP contribution >= 0.6 is 11.6 Å². The van der Waals surface area contributed by atoms with Crippen LogP contribution in [-0.2, 0) is 11.2 Å². The van der Waals surface area contributed by atoms with E-state index in [0.29, 0.717) is 12.1 Å². The van der Waals surface area contributed by atoms with Gasteiger partial charge >= 0.3 is 6.09 Å². The summed E-state index contributed by atoms with van der Waals surface area (Å²) in [4.78, 5) is 17.0. The minimum Gasteiger partial charge on any atom is -0.444 e. The van der Waals surface area contributed by atoms with Crippen molar-refractivity contribution in [3.63, 3.8) is 0 Å². The molecule has 0 N–H and O–H groups in total. The van der Waals surface area contributed by atoms with Gasteiger partial charge in [0.2, 0.25) is 0 Å². The van der Waals surface area contributed by atoms with Crippen molar-refractivity contribution in [2.45, 2.75) is 77.5 Å². The Kier molecular flexibility index (Phi) is 6.93. The third-order valence-corrected chi connectivity index (χ3v) is 6.34. The number of carbonyl (C=O) groups is 1. The third-order valence-electron chi connectivity index (χ3n) is 6.09. The van der Waals surface area contributed by atoms with Gasteiger partial charge in [0, 0.05) is 36.7 Å². The van der Waals surface area contributed by atoms with Gasteiger partial charge < -0.3 is 9.64 Å². The van der Waals surface area contributed by atoms with Crippen LogP contribution in [0.3, 0.4) is 0 Å². The summed E-state index contributed by atoms with van der Waals surface area (Å²) in [6.45, 7) is 10.8. The van der Waals surface area contributed by atoms with E-state index in [9.17, 15) is 4.79 Å². The molecule has 5 heteroatoms. The molecule has 156 valence electrons. The summed E-state index contributed by atoms with van der Waals surface area (Å²) in [5.41, 5.74) is 0.934. The van der Waals surface area contributed by atoms with Crippen molar-refractivity contribution in [1.82, 2.24) is 9.80 Å². The molecule has 0 aromatic heterocycles. The van der Waals surface area contributed by atoms with Crippen molar-refractivity contribution in [3.05, 3.63) is 34.9 Å². The molecule has 2 saturated heterocycles. The molecule has 0 aliphatic carbocycles. The lowest BCUT2D eigenvalue weighted by atomic mass is 9.97. The highest BCUT2D eigenvalue weighted by Crippen LogP contribution is 2.33. The molecule has 2 aliphatic heterocycles. The van der Waals surface area contributed by atoms with Gasteiger partial charge in [-0.05, 0) is 70.1 Å². The molecule has 2 fully saturated rings. The maximum absolute atomic E-state index is 12.4. The van der Waals surface area contributed by atoms with Gasteiger partial charge in [-0.1, -0.05) is 37.1 Å². The Labute approximate surface area is 175 Å². The average molecular weight is 407 g/mol. The maximum Gasteiger partial charge on any atom is 0.410 e. The molecule has 1 amide bonds. The van der Waals surface area contributed by atoms with Gasteiger partial charge in [-0.25, -0.2) is 4.79 Å². The Balaban J connectivity index is 1.59. The van der Waals surface area contributed by atoms with E-state index in [1.807, 2.05) is 37.8 Å². The minimum atomic E-state index is -0.430. The number of hydrogen-bond acceptors (Lipinski definition) is 3. The largest absolute Gasteiger partial charge is 0.444 e. The lowest BCUT2D eigenvalue weighted by Gasteiger charge is -2.39. The molecule has 2 atom stereocenters. The van der Waals surface area contributed by atoms with E-state index in [4.69, 9.17) is 16.3 Å². The fourth-order valence-corrected chi connectivity index (χ4v) is 4.71. The maximum atomic E-state index is 12.4. The van der Waals surface area contributed by atoms with Gasteiger partial charge in [0.15, 0.2) is 0 Å². The van der Waals surface area contributed by atoms with Crippen LogP contribution in [0.15, 0.2) is 24.3 Å². The standard InChI is InChI=1S/C23H35ClN2O2/c1-5-17-14-21(15-18-6-8-19(24)9-7-18)26(16-17)20-10-12-25(13-11-20)22(27)28-23(2,3)4/h6-9,17,20-21H,5,10-16H2,1-4H3/t17?,21-/m1/s1. The normalized spacial score (nSPS) is 24.5. The van der Waals surface area contributed by atoms with Crippen molar-refractivity contribution in [2.75, 3.05) is 19.6 Å². The van der Waals surface area contributed by atoms with Crippen LogP contribution < -0.4 is 0 Å². The van der Waals surface area contributed by atoms with Gasteiger partial charge in [-0.3, -0.25) is 4.90 Å². The summed E-state index contributed by atoms with van der Waals surface area (Å²) in [5.74, 6) is 0.779. The topological polar surface area (TPSA) is 32.8 Å². The number of piperidine rings is 1. The summed E-state index contributed by atoms with van der Waals surface area (Å²) < 4.78 is 5.54. The van der Waals surface area contributed by atoms with Gasteiger partial charge in [0.25, 0.3) is 0 Å². The van der Waals surface area contributed by atoms with E-state index in [0.717, 1.165) is 43.3 Å². The lowest BCUT2D eigenvalue weighted by Crippen LogP contribution is -2.49. The molecule has 2 aliphatic rings. The number of likely N-dealkylation sites (tertiary alicyclic amines) is 2. The van der Waals surface area contributed by atoms with E-state index in [1.165, 1.54) is 24.9 Å². The van der Waals surface area contributed by atoms with Gasteiger partial charge in [-0.15, -0.1) is 0 Å². The molecular weight excluding hydrogens is 372 g/mol. The number of nitrogens with zero attached hydrogens (tertiary/aromatic N) is 2. The first kappa shape index (κ1) is 21.4. The number of benzene rings is 1. The lowest BCUT2D eigenvalue weighted by molar-refractivity contribution is 0.0133. The zero-order valence-electron chi connectivity index (χ0n) is 17.8. The summed E-state index contributed by atoms with van der Waals surface area (Å²) >= 11 is 6.05. The van der Waals surface area contributed by atoms with Crippen LogP contribution in [0.5, 0.6) is 0 Å². The fraction of sp³-hybridized carbons (Fsp3) is 0.696. The molecule has 1 aromatic carbocycles. The Morgan fingerprint density at radius 3 is 2.39 bits per heavy atom. The number of halogens is 1. The Morgan fingerprint density at radius 1 is 1.18 bits per heavy atom. The number of ether oxygens (including phenoxy) is 1. The highest BCUT2D eigenvalue weighted by molar-refractivity contribution is 6.30. The Morgan fingerprint density at radius 2 is 1.82 bits per heavy atom. The van der Waals surface area contributed by atoms with Crippen LogP contribution in [-0.4, -0.2) is 53.2 Å². The molecule has 0 saturated carbocycles. The smallest absolute Gasteiger partial charge is 0.410 e. The van der Waals surface area contributed by atoms with Crippen molar-refractivity contribution in [2.24, 2.45) is 5.92 Å². The number of carbonyl (C=O) groups excluding carboxylic acids is 1. The monoisotopic (exact) mass is 406 g/mol. The highest BCUT2D eigenvalue weighted by Gasteiger charge is 2.37. The molecule has 0 bridgehead atoms. The highest BCUT2D eigenvalue weighted by atomic mass is 35.5. The third kappa shape index (κ3) is 5.64. The molecule has 1 aromatic rings. The Hall–Kier alpha value is -1.26. The molecule has 28 heavy (non-hydrogen) atoms. The van der Waals surface area contributed by atoms with Gasteiger partial charge in [-0.2, -0.15) is 0 Å². The molecule has 4 nitrogen and oxygen atoms in total. The van der Waals surface area contributed by atoms with Gasteiger partial charge in [0.1, 0.15) is 5.60 Å². The Bertz CT molecular complexity index is 648. The predicted octanol–water partition coefficient (Wildman–Crippen LogP) is 5.38. The van der Waals surface area contributed by atoms with E-state index in [2.05, 4.69) is 24.0 Å². The zero-order chi connectivity index (χ0) is 20.3. The number of hydrogen-bond donors (Lipinski definition) is 0. The molecule has 3 rings (SSSR count). The van der Waals surface area contributed by atoms with E-state index in [1.54, 1.807) is 0 Å². The van der Waals surface area contributed by atoms with Crippen LogP contribution in [0, 0.1) is 5.92 Å². The quantitative estimate of drug-likeness (QED) is 0.672. The first-order valence-electron chi connectivity index (χ1n) is 10.7. The minimum absolute atomic E-state index is 0.170. The average Bonchev–Trinajstić information content (AvgIpc) is 3.05. The van der Waals surface area contributed by atoms with Crippen LogP contribution in [0.2, 0.25) is 5.02 Å². The fourth-order valence-electron chi connectivity index (χ4n) is 4.58. The molecule has 0 radical (unpaired) electrons. The van der Waals surface area contributed by atoms with Crippen LogP contribution in [0.4, 0.5) is 4.79 Å².